The molecule has 3 heterocycles. The Morgan fingerprint density at radius 3 is 1.39 bits per heavy atom. The molecule has 62 heavy (non-hydrogen) atoms. The van der Waals surface area contributed by atoms with Crippen LogP contribution in [0.2, 0.25) is 0 Å². The van der Waals surface area contributed by atoms with Gasteiger partial charge in [-0.25, -0.2) is 0 Å². The number of hydrogen-bond acceptors (Lipinski definition) is 3. The molecule has 0 unspecified atom stereocenters. The first kappa shape index (κ1) is 38.1. The summed E-state index contributed by atoms with van der Waals surface area (Å²) < 4.78 is 5.15. The average molecular weight is 820 g/mol. The molecule has 0 atom stereocenters. The van der Waals surface area contributed by atoms with Gasteiger partial charge in [-0.15, -0.1) is 11.3 Å². The van der Waals surface area contributed by atoms with Crippen molar-refractivity contribution in [2.24, 2.45) is 0 Å². The molecule has 3 nitrogen and oxygen atoms in total. The molecule has 11 aromatic rings. The van der Waals surface area contributed by atoms with Crippen LogP contribution in [0.25, 0.3) is 58.6 Å². The molecule has 0 fully saturated rings. The SMILES string of the molecule is CC(C)(C)c1ccc(N(c2ccccc2)c2ccc3c(c2)sc2c4cc(-c5ccccc5)cc5c6cc(N(c7ccccc7)c7ccc(C(C)(C)C)cc7)ccc6n(c54)c32)cc1. The largest absolute Gasteiger partial charge is 0.310 e. The summed E-state index contributed by atoms with van der Waals surface area (Å²) in [5.41, 5.74) is 15.9. The highest BCUT2D eigenvalue weighted by molar-refractivity contribution is 7.26. The fraction of sp³-hybridized carbons (Fsp3) is 0.138. The molecule has 0 amide bonds. The third kappa shape index (κ3) is 6.32. The highest BCUT2D eigenvalue weighted by Crippen LogP contribution is 2.49. The van der Waals surface area contributed by atoms with Gasteiger partial charge in [-0.05, 0) is 130 Å². The highest BCUT2D eigenvalue weighted by Gasteiger charge is 2.25. The van der Waals surface area contributed by atoms with E-state index in [1.807, 2.05) is 11.3 Å². The minimum atomic E-state index is 0.0741. The summed E-state index contributed by atoms with van der Waals surface area (Å²) in [7, 11) is 0. The minimum absolute atomic E-state index is 0.0741. The fourth-order valence-electron chi connectivity index (χ4n) is 9.36. The van der Waals surface area contributed by atoms with Crippen molar-refractivity contribution in [3.8, 4) is 11.1 Å². The van der Waals surface area contributed by atoms with E-state index in [0.29, 0.717) is 0 Å². The normalized spacial score (nSPS) is 12.4. The van der Waals surface area contributed by atoms with Crippen molar-refractivity contribution in [1.82, 2.24) is 4.40 Å². The van der Waals surface area contributed by atoms with Gasteiger partial charge in [0.15, 0.2) is 0 Å². The Bertz CT molecular complexity index is 3390. The quantitative estimate of drug-likeness (QED) is 0.159. The molecule has 0 saturated carbocycles. The lowest BCUT2D eigenvalue weighted by atomic mass is 9.87. The Morgan fingerprint density at radius 1 is 0.371 bits per heavy atom. The summed E-state index contributed by atoms with van der Waals surface area (Å²) in [5, 5.41) is 5.10. The predicted octanol–water partition coefficient (Wildman–Crippen LogP) is 17.3. The van der Waals surface area contributed by atoms with Crippen molar-refractivity contribution >= 4 is 93.0 Å². The van der Waals surface area contributed by atoms with E-state index < -0.39 is 0 Å². The molecule has 8 aromatic carbocycles. The summed E-state index contributed by atoms with van der Waals surface area (Å²) in [5.74, 6) is 0. The molecule has 4 heteroatoms. The van der Waals surface area contributed by atoms with Crippen LogP contribution in [0.5, 0.6) is 0 Å². The molecule has 0 aliphatic carbocycles. The van der Waals surface area contributed by atoms with Gasteiger partial charge in [0.05, 0.1) is 21.3 Å². The maximum absolute atomic E-state index is 2.55. The van der Waals surface area contributed by atoms with E-state index in [4.69, 9.17) is 0 Å². The molecular formula is C58H49N3S. The third-order valence-electron chi connectivity index (χ3n) is 12.6. The maximum atomic E-state index is 2.55. The van der Waals surface area contributed by atoms with Crippen LogP contribution < -0.4 is 9.80 Å². The lowest BCUT2D eigenvalue weighted by molar-refractivity contribution is 0.590. The number of hydrogen-bond donors (Lipinski definition) is 0. The minimum Gasteiger partial charge on any atom is -0.310 e. The number of benzene rings is 8. The topological polar surface area (TPSA) is 10.9 Å². The first-order chi connectivity index (χ1) is 30.0. The van der Waals surface area contributed by atoms with Gasteiger partial charge in [0.2, 0.25) is 0 Å². The van der Waals surface area contributed by atoms with Crippen LogP contribution in [0.3, 0.4) is 0 Å². The summed E-state index contributed by atoms with van der Waals surface area (Å²) in [6.45, 7) is 13.6. The Kier molecular flexibility index (Phi) is 8.82. The van der Waals surface area contributed by atoms with Crippen LogP contribution in [0.15, 0.2) is 188 Å². The average Bonchev–Trinajstić information content (AvgIpc) is 3.92. The molecule has 11 rings (SSSR count). The number of para-hydroxylation sites is 2. The molecule has 0 N–H and O–H groups in total. The summed E-state index contributed by atoms with van der Waals surface area (Å²) in [4.78, 5) is 4.78. The first-order valence-electron chi connectivity index (χ1n) is 21.7. The molecule has 0 spiro atoms. The Labute approximate surface area is 368 Å². The molecule has 0 aliphatic heterocycles. The second-order valence-corrected chi connectivity index (χ2v) is 19.8. The number of thiophene rings is 1. The smallest absolute Gasteiger partial charge is 0.0728 e. The van der Waals surface area contributed by atoms with Crippen molar-refractivity contribution < 1.29 is 0 Å². The molecule has 0 radical (unpaired) electrons. The van der Waals surface area contributed by atoms with Crippen LogP contribution >= 0.6 is 11.3 Å². The molecular weight excluding hydrogens is 771 g/mol. The summed E-state index contributed by atoms with van der Waals surface area (Å²) in [6, 6.07) is 69.5. The lowest BCUT2D eigenvalue weighted by Crippen LogP contribution is -2.13. The van der Waals surface area contributed by atoms with Crippen molar-refractivity contribution in [1.29, 1.82) is 0 Å². The Morgan fingerprint density at radius 2 is 0.839 bits per heavy atom. The molecule has 0 bridgehead atoms. The monoisotopic (exact) mass is 819 g/mol. The molecule has 0 aliphatic rings. The Hall–Kier alpha value is -6.88. The zero-order valence-electron chi connectivity index (χ0n) is 36.1. The van der Waals surface area contributed by atoms with Crippen LogP contribution in [0.4, 0.5) is 34.1 Å². The lowest BCUT2D eigenvalue weighted by Gasteiger charge is -2.27. The van der Waals surface area contributed by atoms with Crippen LogP contribution in [-0.4, -0.2) is 4.40 Å². The van der Waals surface area contributed by atoms with E-state index in [1.54, 1.807) is 0 Å². The molecule has 3 aromatic heterocycles. The second-order valence-electron chi connectivity index (χ2n) is 18.7. The van der Waals surface area contributed by atoms with Crippen molar-refractivity contribution in [2.75, 3.05) is 9.80 Å². The van der Waals surface area contributed by atoms with Gasteiger partial charge >= 0.3 is 0 Å². The predicted molar refractivity (Wildman–Crippen MR) is 269 cm³/mol. The summed E-state index contributed by atoms with van der Waals surface area (Å²) in [6.07, 6.45) is 0. The van der Waals surface area contributed by atoms with E-state index in [9.17, 15) is 0 Å². The van der Waals surface area contributed by atoms with Gasteiger partial charge in [-0.1, -0.05) is 133 Å². The number of aromatic nitrogens is 1. The number of anilines is 6. The van der Waals surface area contributed by atoms with Crippen molar-refractivity contribution in [2.45, 2.75) is 52.4 Å². The van der Waals surface area contributed by atoms with E-state index >= 15 is 0 Å². The van der Waals surface area contributed by atoms with Gasteiger partial charge in [-0.3, -0.25) is 0 Å². The van der Waals surface area contributed by atoms with Gasteiger partial charge in [0, 0.05) is 60.4 Å². The molecule has 0 saturated heterocycles. The zero-order chi connectivity index (χ0) is 42.3. The molecule has 302 valence electrons. The first-order valence-corrected chi connectivity index (χ1v) is 22.5. The third-order valence-corrected chi connectivity index (χ3v) is 13.8. The van der Waals surface area contributed by atoms with Crippen molar-refractivity contribution in [3.63, 3.8) is 0 Å². The zero-order valence-corrected chi connectivity index (χ0v) is 37.0. The van der Waals surface area contributed by atoms with Crippen LogP contribution in [0.1, 0.15) is 52.7 Å². The van der Waals surface area contributed by atoms with E-state index in [0.717, 1.165) is 34.1 Å². The standard InChI is InChI=1S/C58H49N3S/c1-57(2,3)40-22-26-44(27-23-40)59(42-18-12-8-13-19-42)46-31-33-52-49(36-46)50-34-39(38-16-10-7-11-17-38)35-51-54(50)61(52)55-48-32-30-47(37-53(48)62-56(51)55)60(43-20-14-9-15-21-43)45-28-24-41(25-29-45)58(4,5)6/h7-37H,1-6H3. The highest BCUT2D eigenvalue weighted by atomic mass is 32.1. The summed E-state index contributed by atoms with van der Waals surface area (Å²) >= 11 is 1.91. The van der Waals surface area contributed by atoms with Gasteiger partial charge < -0.3 is 14.2 Å². The van der Waals surface area contributed by atoms with Gasteiger partial charge in [0.1, 0.15) is 0 Å². The number of nitrogens with zero attached hydrogens (tertiary/aromatic N) is 3. The van der Waals surface area contributed by atoms with Crippen molar-refractivity contribution in [3.05, 3.63) is 199 Å². The van der Waals surface area contributed by atoms with E-state index in [-0.39, 0.29) is 10.8 Å². The van der Waals surface area contributed by atoms with Crippen LogP contribution in [0, 0.1) is 0 Å². The number of fused-ring (bicyclic) bond motifs is 8. The fourth-order valence-corrected chi connectivity index (χ4v) is 10.6. The second kappa shape index (κ2) is 14.4. The Balaban J connectivity index is 1.13. The van der Waals surface area contributed by atoms with Gasteiger partial charge in [-0.2, -0.15) is 0 Å². The number of rotatable bonds is 7. The van der Waals surface area contributed by atoms with Crippen LogP contribution in [-0.2, 0) is 10.8 Å². The maximum Gasteiger partial charge on any atom is 0.0728 e. The van der Waals surface area contributed by atoms with E-state index in [2.05, 4.69) is 244 Å². The van der Waals surface area contributed by atoms with Gasteiger partial charge in [0.25, 0.3) is 0 Å². The van der Waals surface area contributed by atoms with E-state index in [1.165, 1.54) is 69.7 Å².